The molecule has 0 saturated carbocycles. The van der Waals surface area contributed by atoms with Crippen LogP contribution in [0.25, 0.3) is 43.7 Å². The van der Waals surface area contributed by atoms with E-state index in [0.29, 0.717) is 82.8 Å². The highest BCUT2D eigenvalue weighted by Crippen LogP contribution is 2.46. The summed E-state index contributed by atoms with van der Waals surface area (Å²) in [5.74, 6) is -0.524. The summed E-state index contributed by atoms with van der Waals surface area (Å²) in [5, 5.41) is 21.6. The Hall–Kier alpha value is -4.42. The van der Waals surface area contributed by atoms with Gasteiger partial charge in [-0.3, -0.25) is 9.58 Å². The molecule has 49 heavy (non-hydrogen) atoms. The minimum atomic E-state index is -0.643. The van der Waals surface area contributed by atoms with Gasteiger partial charge in [-0.25, -0.2) is 13.2 Å². The van der Waals surface area contributed by atoms with E-state index in [1.54, 1.807) is 23.9 Å². The van der Waals surface area contributed by atoms with Crippen molar-refractivity contribution in [1.82, 2.24) is 30.0 Å². The van der Waals surface area contributed by atoms with E-state index < -0.39 is 11.6 Å². The molecule has 3 aromatic carbocycles. The zero-order chi connectivity index (χ0) is 33.6. The van der Waals surface area contributed by atoms with Crippen LogP contribution in [0.5, 0.6) is 11.8 Å². The molecule has 5 aromatic rings. The van der Waals surface area contributed by atoms with Crippen molar-refractivity contribution < 1.29 is 23.0 Å². The lowest BCUT2D eigenvalue weighted by Crippen LogP contribution is -2.51. The Morgan fingerprint density at radius 3 is 2.69 bits per heavy atom. The summed E-state index contributed by atoms with van der Waals surface area (Å²) >= 11 is 0. The first-order valence-corrected chi connectivity index (χ1v) is 17.2. The monoisotopic (exact) mass is 669 g/mol. The number of aromatic hydroxyl groups is 1. The fourth-order valence-electron chi connectivity index (χ4n) is 9.12. The zero-order valence-electron chi connectivity index (χ0n) is 27.6. The first-order chi connectivity index (χ1) is 23.7. The number of anilines is 1. The van der Waals surface area contributed by atoms with Crippen molar-refractivity contribution in [2.24, 2.45) is 7.05 Å². The maximum atomic E-state index is 17.6. The molecule has 9 nitrogen and oxygen atoms in total. The van der Waals surface area contributed by atoms with Crippen molar-refractivity contribution in [3.63, 3.8) is 0 Å². The molecule has 9 rings (SSSR count). The number of hydrogen-bond acceptors (Lipinski definition) is 8. The number of ether oxygens (including phenoxy) is 1. The molecular weight excluding hydrogens is 631 g/mol. The van der Waals surface area contributed by atoms with Crippen LogP contribution in [0.4, 0.5) is 19.0 Å². The Morgan fingerprint density at radius 2 is 1.92 bits per heavy atom. The second-order valence-corrected chi connectivity index (χ2v) is 14.3. The first kappa shape index (κ1) is 30.6. The van der Waals surface area contributed by atoms with Crippen LogP contribution in [-0.2, 0) is 13.5 Å². The molecule has 4 saturated heterocycles. The van der Waals surface area contributed by atoms with Crippen LogP contribution in [0.15, 0.2) is 42.4 Å². The van der Waals surface area contributed by atoms with E-state index in [9.17, 15) is 9.50 Å². The van der Waals surface area contributed by atoms with E-state index in [1.165, 1.54) is 12.1 Å². The van der Waals surface area contributed by atoms with Crippen molar-refractivity contribution in [2.75, 3.05) is 37.7 Å². The molecule has 4 aliphatic heterocycles. The Balaban J connectivity index is 1.28. The maximum Gasteiger partial charge on any atom is 0.319 e. The lowest BCUT2D eigenvalue weighted by molar-refractivity contribution is 0.108. The number of phenolic OH excluding ortho intramolecular Hbond substituents is 1. The molecular formula is C37H38F3N7O2. The van der Waals surface area contributed by atoms with Gasteiger partial charge in [-0.2, -0.15) is 15.1 Å². The van der Waals surface area contributed by atoms with Gasteiger partial charge in [-0.1, -0.05) is 13.0 Å². The van der Waals surface area contributed by atoms with Crippen molar-refractivity contribution in [2.45, 2.75) is 63.1 Å². The fourth-order valence-corrected chi connectivity index (χ4v) is 9.12. The Labute approximate surface area is 281 Å². The molecule has 2 N–H and O–H groups in total. The van der Waals surface area contributed by atoms with E-state index in [4.69, 9.17) is 19.8 Å². The lowest BCUT2D eigenvalue weighted by atomic mass is 9.90. The van der Waals surface area contributed by atoms with Crippen LogP contribution < -0.4 is 15.0 Å². The zero-order valence-corrected chi connectivity index (χ0v) is 27.6. The van der Waals surface area contributed by atoms with Gasteiger partial charge in [0.2, 0.25) is 0 Å². The fraction of sp³-hybridized carbons (Fsp3) is 0.432. The van der Waals surface area contributed by atoms with Gasteiger partial charge in [-0.15, -0.1) is 0 Å². The highest BCUT2D eigenvalue weighted by atomic mass is 19.1. The van der Waals surface area contributed by atoms with Crippen LogP contribution in [0.3, 0.4) is 0 Å². The van der Waals surface area contributed by atoms with E-state index in [-0.39, 0.29) is 47.1 Å². The van der Waals surface area contributed by atoms with Crippen molar-refractivity contribution >= 4 is 38.4 Å². The average Bonchev–Trinajstić information content (AvgIpc) is 3.85. The quantitative estimate of drug-likeness (QED) is 0.218. The van der Waals surface area contributed by atoms with Gasteiger partial charge in [0.25, 0.3) is 0 Å². The average molecular weight is 670 g/mol. The van der Waals surface area contributed by atoms with Crippen LogP contribution in [0.2, 0.25) is 0 Å². The van der Waals surface area contributed by atoms with E-state index in [2.05, 4.69) is 15.1 Å². The number of hydrogen-bond donors (Lipinski definition) is 2. The molecule has 2 bridgehead atoms. The number of fused-ring (bicyclic) bond motifs is 7. The number of phenols is 1. The minimum absolute atomic E-state index is 0.0569. The van der Waals surface area contributed by atoms with Crippen molar-refractivity contribution in [3.8, 4) is 22.9 Å². The lowest BCUT2D eigenvalue weighted by Gasteiger charge is -2.35. The van der Waals surface area contributed by atoms with E-state index in [0.717, 1.165) is 37.8 Å². The highest BCUT2D eigenvalue weighted by molar-refractivity contribution is 6.18. The van der Waals surface area contributed by atoms with Gasteiger partial charge in [0.05, 0.1) is 17.3 Å². The second kappa shape index (κ2) is 11.3. The van der Waals surface area contributed by atoms with E-state index >= 15 is 8.78 Å². The molecule has 3 atom stereocenters. The third-order valence-corrected chi connectivity index (χ3v) is 11.2. The van der Waals surface area contributed by atoms with Crippen LogP contribution in [0.1, 0.15) is 44.6 Å². The van der Waals surface area contributed by atoms with E-state index in [1.807, 2.05) is 13.1 Å². The maximum absolute atomic E-state index is 17.6. The van der Waals surface area contributed by atoms with Gasteiger partial charge in [0.1, 0.15) is 35.0 Å². The molecule has 4 aliphatic rings. The number of benzene rings is 3. The molecule has 0 amide bonds. The molecule has 6 heterocycles. The number of nitrogens with one attached hydrogen (secondary N) is 1. The predicted octanol–water partition coefficient (Wildman–Crippen LogP) is 6.29. The summed E-state index contributed by atoms with van der Waals surface area (Å²) in [4.78, 5) is 14.2. The number of nitrogens with zero attached hydrogens (tertiary/aromatic N) is 6. The van der Waals surface area contributed by atoms with Gasteiger partial charge in [-0.05, 0) is 90.7 Å². The third-order valence-electron chi connectivity index (χ3n) is 11.2. The molecule has 254 valence electrons. The molecule has 0 aliphatic carbocycles. The SMILES string of the molecule is CCc1c(F)ccc2cc(O)cc(-c3c(F)c4nc(OC[C@@]56CCCN5C/C(=C\F)C6)nc(N5C[C@H]6CC[C@@H](C5)N6)c4c4cn(C)nc34)c12. The Kier molecular flexibility index (Phi) is 7.07. The highest BCUT2D eigenvalue weighted by Gasteiger charge is 2.47. The largest absolute Gasteiger partial charge is 0.508 e. The molecule has 2 aromatic heterocycles. The molecule has 12 heteroatoms. The predicted molar refractivity (Wildman–Crippen MR) is 183 cm³/mol. The summed E-state index contributed by atoms with van der Waals surface area (Å²) in [6.07, 6.45) is 7.45. The van der Waals surface area contributed by atoms with Crippen molar-refractivity contribution in [1.29, 1.82) is 0 Å². The van der Waals surface area contributed by atoms with Crippen LogP contribution in [0, 0.1) is 11.6 Å². The number of aryl methyl sites for hydroxylation is 2. The van der Waals surface area contributed by atoms with Gasteiger partial charge >= 0.3 is 6.01 Å². The van der Waals surface area contributed by atoms with Crippen LogP contribution >= 0.6 is 0 Å². The molecule has 0 unspecified atom stereocenters. The van der Waals surface area contributed by atoms with Gasteiger partial charge in [0, 0.05) is 55.9 Å². The third kappa shape index (κ3) is 4.78. The minimum Gasteiger partial charge on any atom is -0.508 e. The topological polar surface area (TPSA) is 91.6 Å². The number of piperazine rings is 1. The van der Waals surface area contributed by atoms with Crippen LogP contribution in [-0.4, -0.2) is 80.2 Å². The molecule has 4 fully saturated rings. The first-order valence-electron chi connectivity index (χ1n) is 17.2. The summed E-state index contributed by atoms with van der Waals surface area (Å²) in [6, 6.07) is 6.66. The van der Waals surface area contributed by atoms with Gasteiger partial charge in [0.15, 0.2) is 5.82 Å². The van der Waals surface area contributed by atoms with Gasteiger partial charge < -0.3 is 20.1 Å². The second-order valence-electron chi connectivity index (χ2n) is 14.3. The van der Waals surface area contributed by atoms with Crippen molar-refractivity contribution in [3.05, 3.63) is 59.6 Å². The number of aromatic nitrogens is 4. The number of rotatable bonds is 6. The summed E-state index contributed by atoms with van der Waals surface area (Å²) in [5.41, 5.74) is 1.74. The molecule has 0 radical (unpaired) electrons. The summed E-state index contributed by atoms with van der Waals surface area (Å²) in [7, 11) is 1.78. The smallest absolute Gasteiger partial charge is 0.319 e. The Morgan fingerprint density at radius 1 is 1.10 bits per heavy atom. The summed E-state index contributed by atoms with van der Waals surface area (Å²) < 4.78 is 54.5. The normalized spacial score (nSPS) is 24.7. The summed E-state index contributed by atoms with van der Waals surface area (Å²) in [6.45, 7) is 4.94. The Bertz CT molecular complexity index is 2190. The number of halogens is 3. The standard InChI is InChI=1S/C37H38F3N7O2/c1-3-25-28(39)8-5-21-11-24(48)12-26(29(21)25)30-32(40)34-31(27-18-45(2)44-33(27)30)35(46-16-22-6-7-23(17-46)41-22)43-36(42-34)49-19-37-9-4-10-47(37)15-20(13-37)14-38/h5,8,11-12,14,18,22-23,41,48H,3-4,6-7,9-10,13,15-17,19H2,1-2H3/b20-14-/t22-,23+,37-/m0/s1. The molecule has 0 spiro atoms.